The van der Waals surface area contributed by atoms with Crippen molar-refractivity contribution in [3.8, 4) is 11.3 Å². The monoisotopic (exact) mass is 690 g/mol. The van der Waals surface area contributed by atoms with Crippen molar-refractivity contribution in [3.05, 3.63) is 106 Å². The third-order valence-electron chi connectivity index (χ3n) is 7.67. The molecule has 0 atom stereocenters. The highest BCUT2D eigenvalue weighted by Gasteiger charge is 2.18. The maximum absolute atomic E-state index is 14.5. The Balaban J connectivity index is 0.000000141. The van der Waals surface area contributed by atoms with Gasteiger partial charge in [0.1, 0.15) is 40.5 Å². The summed E-state index contributed by atoms with van der Waals surface area (Å²) in [7, 11) is 0. The van der Waals surface area contributed by atoms with Gasteiger partial charge in [0.2, 0.25) is 0 Å². The molecule has 4 N–H and O–H groups in total. The maximum Gasteiger partial charge on any atom is 0.187 e. The number of rotatable bonds is 5. The van der Waals surface area contributed by atoms with Crippen LogP contribution in [0, 0.1) is 11.6 Å². The van der Waals surface area contributed by atoms with E-state index in [1.807, 2.05) is 30.3 Å². The van der Waals surface area contributed by atoms with Crippen LogP contribution in [-0.4, -0.2) is 52.8 Å². The molecule has 0 aliphatic carbocycles. The Morgan fingerprint density at radius 2 is 1.21 bits per heavy atom. The summed E-state index contributed by atoms with van der Waals surface area (Å²) >= 11 is 3.35. The summed E-state index contributed by atoms with van der Waals surface area (Å²) in [5.41, 5.74) is 7.04. The zero-order valence-electron chi connectivity index (χ0n) is 24.1. The van der Waals surface area contributed by atoms with Gasteiger partial charge in [0, 0.05) is 18.0 Å². The topological polar surface area (TPSA) is 158 Å². The number of benzene rings is 3. The molecule has 12 nitrogen and oxygen atoms in total. The Bertz CT molecular complexity index is 2370. The zero-order valence-corrected chi connectivity index (χ0v) is 25.7. The normalized spacial score (nSPS) is 12.7. The van der Waals surface area contributed by atoms with Crippen LogP contribution in [-0.2, 0) is 13.1 Å². The fourth-order valence-corrected chi connectivity index (χ4v) is 5.84. The summed E-state index contributed by atoms with van der Waals surface area (Å²) in [5.74, 6) is 0.294. The highest BCUT2D eigenvalue weighted by atomic mass is 79.9. The third kappa shape index (κ3) is 5.35. The SMILES string of the molecule is Fc1cc2c(cc1Nc1ncnc3n[nH]c(-c4ccccc4)c13)C=NC2.Fc1cc2c(cc1Nc1ncnc3n[nH]c(Br)c13)C=NC2. The average Bonchev–Trinajstić information content (AvgIpc) is 3.90. The van der Waals surface area contributed by atoms with Gasteiger partial charge in [-0.05, 0) is 62.4 Å². The molecule has 0 saturated heterocycles. The number of aliphatic imine (C=N–C) groups is 2. The first-order valence-electron chi connectivity index (χ1n) is 14.3. The van der Waals surface area contributed by atoms with Crippen LogP contribution in [0.25, 0.3) is 33.3 Å². The lowest BCUT2D eigenvalue weighted by Gasteiger charge is -2.10. The highest BCUT2D eigenvalue weighted by Crippen LogP contribution is 2.33. The Hall–Kier alpha value is -5.96. The van der Waals surface area contributed by atoms with Crippen LogP contribution in [0.5, 0.6) is 0 Å². The summed E-state index contributed by atoms with van der Waals surface area (Å²) in [4.78, 5) is 25.0. The molecule has 0 saturated carbocycles. The zero-order chi connectivity index (χ0) is 31.9. The quantitative estimate of drug-likeness (QED) is 0.154. The molecule has 0 amide bonds. The Kier molecular flexibility index (Phi) is 7.13. The number of hydrogen-bond donors (Lipinski definition) is 4. The fraction of sp³-hybridized carbons (Fsp3) is 0.0625. The van der Waals surface area contributed by atoms with E-state index in [1.54, 1.807) is 24.6 Å². The molecule has 9 rings (SSSR count). The molecule has 0 radical (unpaired) electrons. The Labute approximate surface area is 272 Å². The molecule has 3 aromatic carbocycles. The van der Waals surface area contributed by atoms with E-state index in [1.165, 1.54) is 24.8 Å². The van der Waals surface area contributed by atoms with Crippen LogP contribution < -0.4 is 10.6 Å². The molecule has 0 fully saturated rings. The van der Waals surface area contributed by atoms with Crippen molar-refractivity contribution in [2.45, 2.75) is 13.1 Å². The van der Waals surface area contributed by atoms with Crippen LogP contribution in [0.2, 0.25) is 0 Å². The Morgan fingerprint density at radius 1 is 0.660 bits per heavy atom. The third-order valence-corrected chi connectivity index (χ3v) is 8.24. The first kappa shape index (κ1) is 28.5. The molecular weight excluding hydrogens is 670 g/mol. The van der Waals surface area contributed by atoms with E-state index in [4.69, 9.17) is 0 Å². The predicted octanol–water partition coefficient (Wildman–Crippen LogP) is 6.77. The van der Waals surface area contributed by atoms with Crippen molar-refractivity contribution in [1.82, 2.24) is 40.3 Å². The van der Waals surface area contributed by atoms with Gasteiger partial charge in [0.25, 0.3) is 0 Å². The average molecular weight is 692 g/mol. The lowest BCUT2D eigenvalue weighted by Crippen LogP contribution is -2.00. The van der Waals surface area contributed by atoms with Crippen molar-refractivity contribution >= 4 is 73.4 Å². The summed E-state index contributed by atoms with van der Waals surface area (Å²) < 4.78 is 29.3. The van der Waals surface area contributed by atoms with Crippen molar-refractivity contribution in [2.75, 3.05) is 10.6 Å². The molecule has 0 spiro atoms. The molecule has 6 heterocycles. The molecule has 230 valence electrons. The maximum atomic E-state index is 14.5. The summed E-state index contributed by atoms with van der Waals surface area (Å²) in [6, 6.07) is 16.2. The molecule has 2 aliphatic heterocycles. The second-order valence-electron chi connectivity index (χ2n) is 10.6. The van der Waals surface area contributed by atoms with Gasteiger partial charge in [-0.3, -0.25) is 20.2 Å². The van der Waals surface area contributed by atoms with Crippen LogP contribution in [0.4, 0.5) is 31.8 Å². The number of halogens is 3. The van der Waals surface area contributed by atoms with Gasteiger partial charge in [0.15, 0.2) is 11.3 Å². The van der Waals surface area contributed by atoms with Gasteiger partial charge in [-0.25, -0.2) is 28.7 Å². The Morgan fingerprint density at radius 3 is 1.83 bits per heavy atom. The van der Waals surface area contributed by atoms with E-state index in [9.17, 15) is 8.78 Å². The fourth-order valence-electron chi connectivity index (χ4n) is 5.39. The molecule has 47 heavy (non-hydrogen) atoms. The summed E-state index contributed by atoms with van der Waals surface area (Å²) in [6.07, 6.45) is 6.28. The van der Waals surface area contributed by atoms with Crippen molar-refractivity contribution in [1.29, 1.82) is 0 Å². The second-order valence-corrected chi connectivity index (χ2v) is 11.4. The minimum absolute atomic E-state index is 0.342. The first-order valence-corrected chi connectivity index (χ1v) is 15.1. The van der Waals surface area contributed by atoms with E-state index in [-0.39, 0.29) is 11.6 Å². The standard InChI is InChI=1S/C19H13FN6.C13H8BrFN6/c20-14-6-12-8-21-9-13(12)7-15(14)24-18-16-17(11-4-2-1-3-5-11)25-26-19(16)23-10-22-18;14-11-10-12(17-5-18-13(10)21-20-11)19-9-2-7-4-16-3-6(7)1-8(9)15/h1-7,9-10H,8H2,(H2,22,23,24,25,26);1-2,4-5H,3H2,(H2,17,18,19,20,21). The highest BCUT2D eigenvalue weighted by molar-refractivity contribution is 9.10. The molecule has 2 aliphatic rings. The smallest absolute Gasteiger partial charge is 0.187 e. The molecule has 7 aromatic rings. The van der Waals surface area contributed by atoms with Gasteiger partial charge < -0.3 is 10.6 Å². The van der Waals surface area contributed by atoms with Gasteiger partial charge in [0.05, 0.1) is 40.9 Å². The van der Waals surface area contributed by atoms with E-state index in [2.05, 4.69) is 76.9 Å². The lowest BCUT2D eigenvalue weighted by molar-refractivity contribution is 0.629. The number of nitrogens with one attached hydrogen (secondary N) is 4. The lowest BCUT2D eigenvalue weighted by atomic mass is 10.1. The van der Waals surface area contributed by atoms with E-state index < -0.39 is 0 Å². The summed E-state index contributed by atoms with van der Waals surface area (Å²) in [6.45, 7) is 1.04. The van der Waals surface area contributed by atoms with Crippen LogP contribution in [0.3, 0.4) is 0 Å². The number of fused-ring (bicyclic) bond motifs is 4. The largest absolute Gasteiger partial charge is 0.337 e. The van der Waals surface area contributed by atoms with Gasteiger partial charge in [-0.2, -0.15) is 10.2 Å². The number of H-pyrrole nitrogens is 2. The van der Waals surface area contributed by atoms with Gasteiger partial charge >= 0.3 is 0 Å². The second kappa shape index (κ2) is 11.8. The molecule has 0 unspecified atom stereocenters. The summed E-state index contributed by atoms with van der Waals surface area (Å²) in [5, 5.41) is 21.5. The number of nitrogens with zero attached hydrogens (tertiary/aromatic N) is 8. The van der Waals surface area contributed by atoms with Crippen molar-refractivity contribution < 1.29 is 8.78 Å². The predicted molar refractivity (Wildman–Crippen MR) is 178 cm³/mol. The van der Waals surface area contributed by atoms with Crippen LogP contribution in [0.15, 0.2) is 81.8 Å². The molecular formula is C32H21BrF2N12. The van der Waals surface area contributed by atoms with Gasteiger partial charge in [-0.15, -0.1) is 0 Å². The van der Waals surface area contributed by atoms with Gasteiger partial charge in [-0.1, -0.05) is 30.3 Å². The number of hydrogen-bond acceptors (Lipinski definition) is 10. The molecule has 0 bridgehead atoms. The number of anilines is 4. The molecule has 4 aromatic heterocycles. The van der Waals surface area contributed by atoms with Crippen molar-refractivity contribution in [2.24, 2.45) is 9.98 Å². The number of aromatic amines is 2. The van der Waals surface area contributed by atoms with Crippen LogP contribution in [0.1, 0.15) is 22.3 Å². The molecule has 15 heteroatoms. The van der Waals surface area contributed by atoms with Crippen molar-refractivity contribution in [3.63, 3.8) is 0 Å². The van der Waals surface area contributed by atoms with E-state index >= 15 is 0 Å². The number of aromatic nitrogens is 8. The van der Waals surface area contributed by atoms with E-state index in [0.717, 1.165) is 33.5 Å². The van der Waals surface area contributed by atoms with E-state index in [0.29, 0.717) is 62.8 Å². The first-order chi connectivity index (χ1) is 23.0. The van der Waals surface area contributed by atoms with Crippen LogP contribution >= 0.6 is 15.9 Å². The minimum Gasteiger partial charge on any atom is -0.337 e. The minimum atomic E-state index is -0.342.